The predicted octanol–water partition coefficient (Wildman–Crippen LogP) is 3.98. The van der Waals surface area contributed by atoms with E-state index in [0.717, 1.165) is 23.4 Å². The summed E-state index contributed by atoms with van der Waals surface area (Å²) in [5, 5.41) is 7.14. The highest BCUT2D eigenvalue weighted by molar-refractivity contribution is 7.80. The van der Waals surface area contributed by atoms with Gasteiger partial charge in [-0.3, -0.25) is 4.79 Å². The van der Waals surface area contributed by atoms with Gasteiger partial charge in [0.25, 0.3) is 5.91 Å². The average Bonchev–Trinajstić information content (AvgIpc) is 2.60. The van der Waals surface area contributed by atoms with E-state index in [9.17, 15) is 4.79 Å². The smallest absolute Gasteiger partial charge is 0.253 e. The van der Waals surface area contributed by atoms with Crippen LogP contribution in [-0.2, 0) is 0 Å². The molecule has 1 atom stereocenters. The molecule has 0 saturated heterocycles. The molecular weight excluding hydrogens is 358 g/mol. The summed E-state index contributed by atoms with van der Waals surface area (Å²) in [6, 6.07) is 15.4. The number of amides is 1. The van der Waals surface area contributed by atoms with Gasteiger partial charge in [-0.05, 0) is 56.4 Å². The van der Waals surface area contributed by atoms with E-state index < -0.39 is 0 Å². The van der Waals surface area contributed by atoms with Crippen LogP contribution in [0.3, 0.4) is 0 Å². The molecule has 6 heteroatoms. The largest absolute Gasteiger partial charge is 0.487 e. The highest BCUT2D eigenvalue weighted by Gasteiger charge is 2.33. The second-order valence-electron chi connectivity index (χ2n) is 7.53. The number of hydrogen-bond acceptors (Lipinski definition) is 3. The minimum atomic E-state index is -0.268. The number of para-hydroxylation sites is 1. The van der Waals surface area contributed by atoms with Crippen LogP contribution in [0.15, 0.2) is 48.5 Å². The fourth-order valence-corrected chi connectivity index (χ4v) is 3.47. The molecule has 0 saturated carbocycles. The molecule has 1 aliphatic heterocycles. The van der Waals surface area contributed by atoms with Crippen LogP contribution in [0.2, 0.25) is 0 Å². The van der Waals surface area contributed by atoms with Crippen molar-refractivity contribution < 1.29 is 9.53 Å². The van der Waals surface area contributed by atoms with Crippen LogP contribution in [0.25, 0.3) is 0 Å². The molecule has 142 valence electrons. The first-order valence-corrected chi connectivity index (χ1v) is 9.33. The first-order chi connectivity index (χ1) is 12.7. The van der Waals surface area contributed by atoms with E-state index in [1.54, 1.807) is 31.1 Å². The Labute approximate surface area is 165 Å². The molecule has 0 aromatic heterocycles. The maximum absolute atomic E-state index is 12.0. The van der Waals surface area contributed by atoms with Crippen molar-refractivity contribution in [1.82, 2.24) is 10.2 Å². The predicted molar refractivity (Wildman–Crippen MR) is 112 cm³/mol. The summed E-state index contributed by atoms with van der Waals surface area (Å²) in [6.07, 6.45) is 0.808. The highest BCUT2D eigenvalue weighted by Crippen LogP contribution is 2.39. The van der Waals surface area contributed by atoms with Crippen LogP contribution < -0.4 is 15.4 Å². The Morgan fingerprint density at radius 2 is 1.81 bits per heavy atom. The van der Waals surface area contributed by atoms with E-state index in [1.807, 2.05) is 30.3 Å². The number of hydrogen-bond donors (Lipinski definition) is 2. The third kappa shape index (κ3) is 4.57. The summed E-state index contributed by atoms with van der Waals surface area (Å²) in [6.45, 7) is 4.16. The minimum absolute atomic E-state index is 0.0247. The van der Waals surface area contributed by atoms with Crippen molar-refractivity contribution in [3.63, 3.8) is 0 Å². The number of carbonyl (C=O) groups is 1. The summed E-state index contributed by atoms with van der Waals surface area (Å²) in [4.78, 5) is 13.5. The minimum Gasteiger partial charge on any atom is -0.487 e. The zero-order chi connectivity index (χ0) is 19.6. The van der Waals surface area contributed by atoms with Gasteiger partial charge in [0.05, 0.1) is 6.04 Å². The maximum atomic E-state index is 12.0. The highest BCUT2D eigenvalue weighted by atomic mass is 32.1. The Morgan fingerprint density at radius 1 is 1.15 bits per heavy atom. The van der Waals surface area contributed by atoms with E-state index in [1.165, 1.54) is 0 Å². The molecule has 1 aliphatic rings. The first kappa shape index (κ1) is 19.2. The number of rotatable bonds is 3. The third-order valence-electron chi connectivity index (χ3n) is 4.48. The van der Waals surface area contributed by atoms with Crippen molar-refractivity contribution in [1.29, 1.82) is 0 Å². The van der Waals surface area contributed by atoms with Crippen LogP contribution in [-0.4, -0.2) is 35.6 Å². The van der Waals surface area contributed by atoms with Gasteiger partial charge in [0.15, 0.2) is 5.11 Å². The van der Waals surface area contributed by atoms with Gasteiger partial charge in [-0.15, -0.1) is 0 Å². The van der Waals surface area contributed by atoms with Crippen molar-refractivity contribution in [2.24, 2.45) is 0 Å². The van der Waals surface area contributed by atoms with Gasteiger partial charge in [0.1, 0.15) is 11.4 Å². The molecule has 1 heterocycles. The lowest BCUT2D eigenvalue weighted by atomic mass is 9.90. The Bertz CT molecular complexity index is 847. The zero-order valence-corrected chi connectivity index (χ0v) is 16.9. The number of nitrogens with one attached hydrogen (secondary N) is 2. The maximum Gasteiger partial charge on any atom is 0.253 e. The van der Waals surface area contributed by atoms with E-state index >= 15 is 0 Å². The molecule has 0 radical (unpaired) electrons. The average molecular weight is 384 g/mol. The zero-order valence-electron chi connectivity index (χ0n) is 16.1. The second-order valence-corrected chi connectivity index (χ2v) is 7.94. The van der Waals surface area contributed by atoms with Crippen molar-refractivity contribution >= 4 is 28.9 Å². The second kappa shape index (κ2) is 7.56. The molecule has 0 aliphatic carbocycles. The van der Waals surface area contributed by atoms with E-state index in [4.69, 9.17) is 17.0 Å². The van der Waals surface area contributed by atoms with E-state index in [-0.39, 0.29) is 17.6 Å². The fourth-order valence-electron chi connectivity index (χ4n) is 3.21. The molecule has 1 unspecified atom stereocenters. The van der Waals surface area contributed by atoms with Crippen molar-refractivity contribution in [2.75, 3.05) is 19.4 Å². The van der Waals surface area contributed by atoms with Crippen molar-refractivity contribution in [2.45, 2.75) is 31.9 Å². The molecule has 27 heavy (non-hydrogen) atoms. The topological polar surface area (TPSA) is 53.6 Å². The summed E-state index contributed by atoms with van der Waals surface area (Å²) in [5.74, 6) is 0.865. The lowest BCUT2D eigenvalue weighted by Crippen LogP contribution is -2.42. The molecule has 0 fully saturated rings. The Kier molecular flexibility index (Phi) is 5.37. The lowest BCUT2D eigenvalue weighted by Gasteiger charge is -2.38. The van der Waals surface area contributed by atoms with E-state index in [2.05, 4.69) is 30.5 Å². The number of benzene rings is 2. The Balaban J connectivity index is 1.68. The van der Waals surface area contributed by atoms with Crippen LogP contribution in [0.4, 0.5) is 5.69 Å². The van der Waals surface area contributed by atoms with Gasteiger partial charge >= 0.3 is 0 Å². The monoisotopic (exact) mass is 383 g/mol. The van der Waals surface area contributed by atoms with Gasteiger partial charge in [-0.2, -0.15) is 0 Å². The number of anilines is 1. The Morgan fingerprint density at radius 3 is 2.48 bits per heavy atom. The molecule has 0 spiro atoms. The van der Waals surface area contributed by atoms with Gasteiger partial charge < -0.3 is 20.3 Å². The molecular formula is C21H25N3O2S. The molecule has 5 nitrogen and oxygen atoms in total. The SMILES string of the molecule is CN(C)C(=O)c1ccc(NC(=S)NC2CC(C)(C)Oc3ccccc32)cc1. The molecule has 2 aromatic rings. The first-order valence-electron chi connectivity index (χ1n) is 8.92. The fraction of sp³-hybridized carbons (Fsp3) is 0.333. The van der Waals surface area contributed by atoms with Crippen LogP contribution in [0.1, 0.15) is 42.2 Å². The number of thiocarbonyl (C=S) groups is 1. The van der Waals surface area contributed by atoms with Gasteiger partial charge in [-0.25, -0.2) is 0 Å². The molecule has 3 rings (SSSR count). The Hall–Kier alpha value is -2.60. The molecule has 2 N–H and O–H groups in total. The number of fused-ring (bicyclic) bond motifs is 1. The molecule has 0 bridgehead atoms. The molecule has 2 aromatic carbocycles. The van der Waals surface area contributed by atoms with Crippen LogP contribution in [0, 0.1) is 0 Å². The summed E-state index contributed by atoms with van der Waals surface area (Å²) in [5.41, 5.74) is 2.32. The van der Waals surface area contributed by atoms with Gasteiger partial charge in [0, 0.05) is 37.3 Å². The quantitative estimate of drug-likeness (QED) is 0.786. The third-order valence-corrected chi connectivity index (χ3v) is 4.70. The van der Waals surface area contributed by atoms with Gasteiger partial charge in [0.2, 0.25) is 0 Å². The lowest BCUT2D eigenvalue weighted by molar-refractivity contribution is 0.0696. The number of carbonyl (C=O) groups excluding carboxylic acids is 1. The van der Waals surface area contributed by atoms with Crippen LogP contribution in [0.5, 0.6) is 5.75 Å². The standard InChI is InChI=1S/C21H25N3O2S/c1-21(2)13-17(16-7-5-6-8-18(16)26-21)23-20(27)22-15-11-9-14(10-12-15)19(25)24(3)4/h5-12,17H,13H2,1-4H3,(H2,22,23,27). The summed E-state index contributed by atoms with van der Waals surface area (Å²) < 4.78 is 6.06. The van der Waals surface area contributed by atoms with E-state index in [0.29, 0.717) is 10.7 Å². The summed E-state index contributed by atoms with van der Waals surface area (Å²) in [7, 11) is 3.47. The van der Waals surface area contributed by atoms with Crippen molar-refractivity contribution in [3.05, 3.63) is 59.7 Å². The van der Waals surface area contributed by atoms with Crippen molar-refractivity contribution in [3.8, 4) is 5.75 Å². The van der Waals surface area contributed by atoms with Gasteiger partial charge in [-0.1, -0.05) is 18.2 Å². The molecule has 1 amide bonds. The normalized spacial score (nSPS) is 17.3. The number of ether oxygens (including phenoxy) is 1. The summed E-state index contributed by atoms with van der Waals surface area (Å²) >= 11 is 5.51. The number of nitrogens with zero attached hydrogens (tertiary/aromatic N) is 1. The van der Waals surface area contributed by atoms with Crippen LogP contribution >= 0.6 is 12.2 Å².